The first-order valence-corrected chi connectivity index (χ1v) is 12.8. The highest BCUT2D eigenvalue weighted by molar-refractivity contribution is 7.19. The van der Waals surface area contributed by atoms with Gasteiger partial charge in [-0.25, -0.2) is 9.37 Å². The number of hydrogen-bond donors (Lipinski definition) is 2. The van der Waals surface area contributed by atoms with E-state index in [1.54, 1.807) is 24.4 Å². The number of nitrogens with zero attached hydrogens (tertiary/aromatic N) is 3. The SMILES string of the molecule is Nc1nc(C(=O)N2[C@@H]3CC[C@@H](C3)[C@H]2CNC(=O)c2cccc3cccnc23)c(-c2cccc(F)c2)s1. The number of hydrogen-bond acceptors (Lipinski definition) is 6. The maximum absolute atomic E-state index is 13.9. The Labute approximate surface area is 211 Å². The lowest BCUT2D eigenvalue weighted by molar-refractivity contribution is 0.0578. The van der Waals surface area contributed by atoms with Gasteiger partial charge < -0.3 is 16.0 Å². The lowest BCUT2D eigenvalue weighted by atomic mass is 9.97. The Hall–Kier alpha value is -3.85. The van der Waals surface area contributed by atoms with E-state index >= 15 is 0 Å². The predicted molar refractivity (Wildman–Crippen MR) is 137 cm³/mol. The van der Waals surface area contributed by atoms with Crippen molar-refractivity contribution in [2.45, 2.75) is 31.3 Å². The highest BCUT2D eigenvalue weighted by atomic mass is 32.1. The van der Waals surface area contributed by atoms with E-state index in [1.165, 1.54) is 23.5 Å². The number of aromatic nitrogens is 2. The summed E-state index contributed by atoms with van der Waals surface area (Å²) in [4.78, 5) is 38.1. The van der Waals surface area contributed by atoms with Gasteiger partial charge in [-0.05, 0) is 55.0 Å². The fraction of sp³-hybridized carbons (Fsp3) is 0.259. The number of carbonyl (C=O) groups is 2. The summed E-state index contributed by atoms with van der Waals surface area (Å²) in [6, 6.07) is 15.3. The van der Waals surface area contributed by atoms with E-state index in [9.17, 15) is 14.0 Å². The van der Waals surface area contributed by atoms with E-state index < -0.39 is 0 Å². The second kappa shape index (κ2) is 8.98. The number of nitrogens with one attached hydrogen (secondary N) is 1. The largest absolute Gasteiger partial charge is 0.375 e. The van der Waals surface area contributed by atoms with Gasteiger partial charge in [-0.2, -0.15) is 0 Å². The van der Waals surface area contributed by atoms with Crippen LogP contribution in [0.1, 0.15) is 40.1 Å². The molecule has 2 amide bonds. The van der Waals surface area contributed by atoms with Gasteiger partial charge in [0.25, 0.3) is 11.8 Å². The number of anilines is 1. The van der Waals surface area contributed by atoms with Crippen molar-refractivity contribution in [3.05, 3.63) is 77.9 Å². The van der Waals surface area contributed by atoms with Crippen molar-refractivity contribution in [2.24, 2.45) is 5.92 Å². The Morgan fingerprint density at radius 3 is 2.83 bits per heavy atom. The Morgan fingerprint density at radius 2 is 1.97 bits per heavy atom. The van der Waals surface area contributed by atoms with Crippen LogP contribution in [-0.4, -0.2) is 45.3 Å². The number of nitrogens with two attached hydrogens (primary N) is 1. The topological polar surface area (TPSA) is 101 Å². The molecule has 36 heavy (non-hydrogen) atoms. The zero-order valence-corrected chi connectivity index (χ0v) is 20.2. The zero-order valence-electron chi connectivity index (χ0n) is 19.4. The molecule has 1 saturated carbocycles. The van der Waals surface area contributed by atoms with Gasteiger partial charge in [0, 0.05) is 24.2 Å². The minimum atomic E-state index is -0.387. The average Bonchev–Trinajstić information content (AvgIpc) is 3.61. The molecule has 6 rings (SSSR count). The van der Waals surface area contributed by atoms with Crippen LogP contribution >= 0.6 is 11.3 Å². The molecule has 1 aliphatic carbocycles. The molecule has 7 nitrogen and oxygen atoms in total. The molecule has 1 saturated heterocycles. The molecule has 2 bridgehead atoms. The molecule has 2 aliphatic rings. The van der Waals surface area contributed by atoms with Crippen LogP contribution in [-0.2, 0) is 0 Å². The van der Waals surface area contributed by atoms with Gasteiger partial charge in [-0.3, -0.25) is 14.6 Å². The van der Waals surface area contributed by atoms with Crippen LogP contribution in [0.25, 0.3) is 21.3 Å². The number of likely N-dealkylation sites (tertiary alicyclic amines) is 1. The highest BCUT2D eigenvalue weighted by Gasteiger charge is 2.49. The van der Waals surface area contributed by atoms with E-state index in [-0.39, 0.29) is 40.5 Å². The van der Waals surface area contributed by atoms with Gasteiger partial charge in [0.2, 0.25) is 0 Å². The van der Waals surface area contributed by atoms with Crippen molar-refractivity contribution in [2.75, 3.05) is 12.3 Å². The first kappa shape index (κ1) is 22.6. The maximum Gasteiger partial charge on any atom is 0.274 e. The van der Waals surface area contributed by atoms with E-state index in [2.05, 4.69) is 15.3 Å². The van der Waals surface area contributed by atoms with Crippen molar-refractivity contribution in [3.8, 4) is 10.4 Å². The molecular weight excluding hydrogens is 477 g/mol. The van der Waals surface area contributed by atoms with E-state index in [0.717, 1.165) is 24.6 Å². The van der Waals surface area contributed by atoms with Crippen LogP contribution in [0.3, 0.4) is 0 Å². The fourth-order valence-electron chi connectivity index (χ4n) is 5.68. The maximum atomic E-state index is 13.9. The monoisotopic (exact) mass is 501 g/mol. The molecule has 182 valence electrons. The summed E-state index contributed by atoms with van der Waals surface area (Å²) in [6.07, 6.45) is 4.51. The third-order valence-corrected chi connectivity index (χ3v) is 8.19. The summed E-state index contributed by atoms with van der Waals surface area (Å²) in [5, 5.41) is 4.20. The van der Waals surface area contributed by atoms with Gasteiger partial charge in [-0.15, -0.1) is 0 Å². The zero-order chi connectivity index (χ0) is 24.8. The van der Waals surface area contributed by atoms with Crippen LogP contribution in [0, 0.1) is 11.7 Å². The van der Waals surface area contributed by atoms with Crippen LogP contribution in [0.5, 0.6) is 0 Å². The highest BCUT2D eigenvalue weighted by Crippen LogP contribution is 2.44. The molecular formula is C27H24FN5O2S. The lowest BCUT2D eigenvalue weighted by Gasteiger charge is -2.35. The van der Waals surface area contributed by atoms with E-state index in [4.69, 9.17) is 5.73 Å². The van der Waals surface area contributed by atoms with Crippen LogP contribution in [0.2, 0.25) is 0 Å². The van der Waals surface area contributed by atoms with Gasteiger partial charge in [0.05, 0.1) is 22.0 Å². The Kier molecular flexibility index (Phi) is 5.64. The minimum absolute atomic E-state index is 0.0897. The number of fused-ring (bicyclic) bond motifs is 3. The number of carbonyl (C=O) groups excluding carboxylic acids is 2. The first-order chi connectivity index (χ1) is 17.5. The number of piperidine rings is 1. The van der Waals surface area contributed by atoms with Crippen molar-refractivity contribution in [3.63, 3.8) is 0 Å². The molecule has 2 aromatic carbocycles. The van der Waals surface area contributed by atoms with Crippen molar-refractivity contribution < 1.29 is 14.0 Å². The Bertz CT molecular complexity index is 1480. The number of pyridine rings is 1. The van der Waals surface area contributed by atoms with Crippen molar-refractivity contribution in [1.29, 1.82) is 0 Å². The van der Waals surface area contributed by atoms with Gasteiger partial charge in [0.1, 0.15) is 11.5 Å². The molecule has 4 aromatic rings. The van der Waals surface area contributed by atoms with Crippen LogP contribution in [0.4, 0.5) is 9.52 Å². The van der Waals surface area contributed by atoms with Crippen molar-refractivity contribution >= 4 is 39.2 Å². The van der Waals surface area contributed by atoms with Crippen LogP contribution in [0.15, 0.2) is 60.8 Å². The normalized spacial score (nSPS) is 20.7. The Morgan fingerprint density at radius 1 is 1.14 bits per heavy atom. The summed E-state index contributed by atoms with van der Waals surface area (Å²) in [5.74, 6) is -0.520. The second-order valence-corrected chi connectivity index (χ2v) is 10.4. The van der Waals surface area contributed by atoms with Gasteiger partial charge in [-0.1, -0.05) is 41.7 Å². The predicted octanol–water partition coefficient (Wildman–Crippen LogP) is 4.50. The summed E-state index contributed by atoms with van der Waals surface area (Å²) in [5.41, 5.74) is 7.96. The smallest absolute Gasteiger partial charge is 0.274 e. The number of amides is 2. The summed E-state index contributed by atoms with van der Waals surface area (Å²) in [7, 11) is 0. The summed E-state index contributed by atoms with van der Waals surface area (Å²) >= 11 is 1.18. The summed E-state index contributed by atoms with van der Waals surface area (Å²) in [6.45, 7) is 0.337. The molecule has 1 aliphatic heterocycles. The lowest BCUT2D eigenvalue weighted by Crippen LogP contribution is -2.50. The number of benzene rings is 2. The number of para-hydroxylation sites is 1. The number of thiazole rings is 1. The fourth-order valence-corrected chi connectivity index (χ4v) is 6.50. The molecule has 9 heteroatoms. The Balaban J connectivity index is 1.26. The molecule has 2 aromatic heterocycles. The molecule has 0 radical (unpaired) electrons. The first-order valence-electron chi connectivity index (χ1n) is 12.0. The summed E-state index contributed by atoms with van der Waals surface area (Å²) < 4.78 is 13.9. The standard InChI is InChI=1S/C27H24FN5O2S/c28-18-7-1-5-17(12-18)24-23(32-27(29)36-24)26(35)33-19-10-9-16(13-19)21(33)14-31-25(34)20-8-2-4-15-6-3-11-30-22(15)20/h1-8,11-12,16,19,21H,9-10,13-14H2,(H2,29,32)(H,31,34)/t16-,19+,21+/m0/s1. The minimum Gasteiger partial charge on any atom is -0.375 e. The molecule has 3 atom stereocenters. The number of halogens is 1. The van der Waals surface area contributed by atoms with Crippen LogP contribution < -0.4 is 11.1 Å². The number of rotatable bonds is 5. The molecule has 3 heterocycles. The van der Waals surface area contributed by atoms with Gasteiger partial charge in [0.15, 0.2) is 5.13 Å². The third kappa shape index (κ3) is 3.89. The molecule has 3 N–H and O–H groups in total. The quantitative estimate of drug-likeness (QED) is 0.419. The second-order valence-electron chi connectivity index (χ2n) is 9.34. The van der Waals surface area contributed by atoms with Gasteiger partial charge >= 0.3 is 0 Å². The average molecular weight is 502 g/mol. The number of nitrogen functional groups attached to an aromatic ring is 1. The molecule has 0 unspecified atom stereocenters. The van der Waals surface area contributed by atoms with E-state index in [0.29, 0.717) is 34.0 Å². The third-order valence-electron chi connectivity index (χ3n) is 7.26. The van der Waals surface area contributed by atoms with E-state index in [1.807, 2.05) is 29.2 Å². The molecule has 2 fully saturated rings. The molecule has 0 spiro atoms. The van der Waals surface area contributed by atoms with Crippen molar-refractivity contribution in [1.82, 2.24) is 20.2 Å².